The average Bonchev–Trinajstić information content (AvgIpc) is 3.22. The zero-order valence-electron chi connectivity index (χ0n) is 15.5. The molecule has 0 aromatic carbocycles. The lowest BCUT2D eigenvalue weighted by Crippen LogP contribution is -2.40. The van der Waals surface area contributed by atoms with Crippen molar-refractivity contribution in [2.75, 3.05) is 26.2 Å². The monoisotopic (exact) mass is 391 g/mol. The minimum Gasteiger partial charge on any atom is -0.481 e. The van der Waals surface area contributed by atoms with Gasteiger partial charge in [0.25, 0.3) is 5.91 Å². The Kier molecular flexibility index (Phi) is 6.36. The van der Waals surface area contributed by atoms with Crippen LogP contribution in [0.2, 0.25) is 0 Å². The zero-order chi connectivity index (χ0) is 19.4. The predicted octanol–water partition coefficient (Wildman–Crippen LogP) is 2.12. The number of carboxylic acid groups (broad SMARTS) is 1. The van der Waals surface area contributed by atoms with E-state index in [0.717, 1.165) is 25.9 Å². The molecule has 3 heterocycles. The van der Waals surface area contributed by atoms with Gasteiger partial charge in [0.15, 0.2) is 0 Å². The van der Waals surface area contributed by atoms with E-state index in [4.69, 9.17) is 5.11 Å². The maximum absolute atomic E-state index is 12.9. The second-order valence-electron chi connectivity index (χ2n) is 7.05. The molecule has 0 saturated carbocycles. The number of rotatable bonds is 5. The van der Waals surface area contributed by atoms with Gasteiger partial charge in [0.1, 0.15) is 5.03 Å². The number of pyridine rings is 1. The van der Waals surface area contributed by atoms with E-state index in [0.29, 0.717) is 36.5 Å². The van der Waals surface area contributed by atoms with Crippen LogP contribution in [0.25, 0.3) is 0 Å². The van der Waals surface area contributed by atoms with Gasteiger partial charge in [-0.05, 0) is 44.7 Å². The van der Waals surface area contributed by atoms with Crippen LogP contribution < -0.4 is 0 Å². The fraction of sp³-hybridized carbons (Fsp3) is 0.579. The Morgan fingerprint density at radius 1 is 1.15 bits per heavy atom. The van der Waals surface area contributed by atoms with Gasteiger partial charge in [-0.3, -0.25) is 14.4 Å². The van der Waals surface area contributed by atoms with Crippen molar-refractivity contribution >= 4 is 29.5 Å². The lowest BCUT2D eigenvalue weighted by Gasteiger charge is -2.30. The SMILES string of the molecule is CC(Sc1ncccc1C(=O)N1CCC(C(=O)O)CC1)C(=O)N1CCCC1. The first-order valence-electron chi connectivity index (χ1n) is 9.40. The highest BCUT2D eigenvalue weighted by Gasteiger charge is 2.30. The van der Waals surface area contributed by atoms with E-state index < -0.39 is 5.97 Å². The minimum absolute atomic E-state index is 0.0869. The molecule has 1 atom stereocenters. The molecular weight excluding hydrogens is 366 g/mol. The molecule has 1 aromatic rings. The minimum atomic E-state index is -0.797. The quantitative estimate of drug-likeness (QED) is 0.773. The number of thioether (sulfide) groups is 1. The standard InChI is InChI=1S/C19H25N3O4S/c1-13(17(23)21-9-2-3-10-21)27-16-15(5-4-8-20-16)18(24)22-11-6-14(7-12-22)19(25)26/h4-5,8,13-14H,2-3,6-7,9-12H2,1H3,(H,25,26). The van der Waals surface area contributed by atoms with Crippen LogP contribution in [0.3, 0.4) is 0 Å². The number of aliphatic carboxylic acids is 1. The third kappa shape index (κ3) is 4.61. The van der Waals surface area contributed by atoms with Gasteiger partial charge in [-0.2, -0.15) is 0 Å². The Bertz CT molecular complexity index is 713. The zero-order valence-corrected chi connectivity index (χ0v) is 16.3. The van der Waals surface area contributed by atoms with Crippen LogP contribution in [-0.2, 0) is 9.59 Å². The van der Waals surface area contributed by atoms with Crippen molar-refractivity contribution in [2.24, 2.45) is 5.92 Å². The molecule has 2 amide bonds. The van der Waals surface area contributed by atoms with Crippen LogP contribution in [0, 0.1) is 5.92 Å². The molecule has 2 saturated heterocycles. The summed E-state index contributed by atoms with van der Waals surface area (Å²) in [5.74, 6) is -1.23. The molecule has 146 valence electrons. The molecule has 1 unspecified atom stereocenters. The molecule has 0 aliphatic carbocycles. The molecule has 2 fully saturated rings. The molecule has 2 aliphatic heterocycles. The molecule has 2 aliphatic rings. The molecule has 27 heavy (non-hydrogen) atoms. The highest BCUT2D eigenvalue weighted by Crippen LogP contribution is 2.28. The summed E-state index contributed by atoms with van der Waals surface area (Å²) in [5.41, 5.74) is 0.484. The Balaban J connectivity index is 1.67. The van der Waals surface area contributed by atoms with Crippen LogP contribution in [-0.4, -0.2) is 69.1 Å². The van der Waals surface area contributed by atoms with Gasteiger partial charge >= 0.3 is 5.97 Å². The van der Waals surface area contributed by atoms with Crippen LogP contribution in [0.1, 0.15) is 43.0 Å². The number of nitrogens with zero attached hydrogens (tertiary/aromatic N) is 3. The summed E-state index contributed by atoms with van der Waals surface area (Å²) < 4.78 is 0. The Hall–Kier alpha value is -2.09. The van der Waals surface area contributed by atoms with E-state index in [1.165, 1.54) is 11.8 Å². The van der Waals surface area contributed by atoms with E-state index in [1.54, 1.807) is 23.2 Å². The van der Waals surface area contributed by atoms with Crippen molar-refractivity contribution < 1.29 is 19.5 Å². The number of hydrogen-bond donors (Lipinski definition) is 1. The normalized spacial score (nSPS) is 19.1. The third-order valence-corrected chi connectivity index (χ3v) is 6.29. The Morgan fingerprint density at radius 2 is 1.81 bits per heavy atom. The lowest BCUT2D eigenvalue weighted by molar-refractivity contribution is -0.143. The van der Waals surface area contributed by atoms with Crippen molar-refractivity contribution in [3.63, 3.8) is 0 Å². The van der Waals surface area contributed by atoms with Gasteiger partial charge in [0.2, 0.25) is 5.91 Å². The van der Waals surface area contributed by atoms with Crippen molar-refractivity contribution in [1.29, 1.82) is 0 Å². The second-order valence-corrected chi connectivity index (χ2v) is 8.38. The summed E-state index contributed by atoms with van der Waals surface area (Å²) in [4.78, 5) is 44.5. The van der Waals surface area contributed by atoms with E-state index in [2.05, 4.69) is 4.98 Å². The number of carboxylic acids is 1. The van der Waals surface area contributed by atoms with Gasteiger partial charge in [-0.25, -0.2) is 4.98 Å². The first kappa shape index (κ1) is 19.7. The predicted molar refractivity (Wildman–Crippen MR) is 102 cm³/mol. The fourth-order valence-electron chi connectivity index (χ4n) is 3.56. The Labute approximate surface area is 163 Å². The molecular formula is C19H25N3O4S. The smallest absolute Gasteiger partial charge is 0.306 e. The van der Waals surface area contributed by atoms with Crippen molar-refractivity contribution in [1.82, 2.24) is 14.8 Å². The first-order valence-corrected chi connectivity index (χ1v) is 10.3. The number of aromatic nitrogens is 1. The summed E-state index contributed by atoms with van der Waals surface area (Å²) in [6.07, 6.45) is 4.65. The molecule has 7 nitrogen and oxygen atoms in total. The third-order valence-electron chi connectivity index (χ3n) is 5.19. The maximum Gasteiger partial charge on any atom is 0.306 e. The summed E-state index contributed by atoms with van der Waals surface area (Å²) >= 11 is 1.32. The van der Waals surface area contributed by atoms with Crippen LogP contribution in [0.5, 0.6) is 0 Å². The molecule has 0 radical (unpaired) electrons. The molecule has 1 aromatic heterocycles. The van der Waals surface area contributed by atoms with Crippen molar-refractivity contribution in [2.45, 2.75) is 42.9 Å². The van der Waals surface area contributed by atoms with Gasteiger partial charge < -0.3 is 14.9 Å². The summed E-state index contributed by atoms with van der Waals surface area (Å²) in [7, 11) is 0. The maximum atomic E-state index is 12.9. The van der Waals surface area contributed by atoms with E-state index in [9.17, 15) is 14.4 Å². The van der Waals surface area contributed by atoms with Gasteiger partial charge in [-0.15, -0.1) is 0 Å². The number of amides is 2. The Morgan fingerprint density at radius 3 is 2.44 bits per heavy atom. The molecule has 8 heteroatoms. The van der Waals surface area contributed by atoms with Crippen LogP contribution in [0.4, 0.5) is 0 Å². The van der Waals surface area contributed by atoms with Gasteiger partial charge in [0.05, 0.1) is 16.7 Å². The number of hydrogen-bond acceptors (Lipinski definition) is 5. The highest BCUT2D eigenvalue weighted by molar-refractivity contribution is 8.00. The topological polar surface area (TPSA) is 90.8 Å². The van der Waals surface area contributed by atoms with Crippen molar-refractivity contribution in [3.8, 4) is 0 Å². The molecule has 1 N–H and O–H groups in total. The summed E-state index contributed by atoms with van der Waals surface area (Å²) in [6.45, 7) is 4.31. The first-order chi connectivity index (χ1) is 13.0. The van der Waals surface area contributed by atoms with Crippen LogP contribution >= 0.6 is 11.8 Å². The number of piperidine rings is 1. The molecule has 0 bridgehead atoms. The van der Waals surface area contributed by atoms with Gasteiger partial charge in [-0.1, -0.05) is 11.8 Å². The summed E-state index contributed by atoms with van der Waals surface area (Å²) in [6, 6.07) is 3.45. The number of carbonyl (C=O) groups is 3. The van der Waals surface area contributed by atoms with Crippen LogP contribution in [0.15, 0.2) is 23.4 Å². The lowest BCUT2D eigenvalue weighted by atomic mass is 9.97. The second kappa shape index (κ2) is 8.73. The van der Waals surface area contributed by atoms with Gasteiger partial charge in [0, 0.05) is 32.4 Å². The molecule has 0 spiro atoms. The average molecular weight is 391 g/mol. The summed E-state index contributed by atoms with van der Waals surface area (Å²) in [5, 5.41) is 9.37. The highest BCUT2D eigenvalue weighted by atomic mass is 32.2. The number of carbonyl (C=O) groups excluding carboxylic acids is 2. The van der Waals surface area contributed by atoms with E-state index in [1.807, 2.05) is 11.8 Å². The fourth-order valence-corrected chi connectivity index (χ4v) is 4.55. The van der Waals surface area contributed by atoms with E-state index in [-0.39, 0.29) is 23.0 Å². The number of likely N-dealkylation sites (tertiary alicyclic amines) is 2. The largest absolute Gasteiger partial charge is 0.481 e. The van der Waals surface area contributed by atoms with E-state index >= 15 is 0 Å². The van der Waals surface area contributed by atoms with Crippen molar-refractivity contribution in [3.05, 3.63) is 23.9 Å². The molecule has 3 rings (SSSR count).